The number of nitrogens with zero attached hydrogens (tertiary/aromatic N) is 6. The number of carbonyl (C=O) groups is 1. The molecule has 0 fully saturated rings. The van der Waals surface area contributed by atoms with Crippen LogP contribution in [-0.2, 0) is 18.3 Å². The van der Waals surface area contributed by atoms with Crippen LogP contribution in [0.3, 0.4) is 0 Å². The van der Waals surface area contributed by atoms with Crippen LogP contribution in [0.5, 0.6) is 0 Å². The van der Waals surface area contributed by atoms with Crippen LogP contribution < -0.4 is 20.4 Å². The number of anilines is 6. The van der Waals surface area contributed by atoms with Gasteiger partial charge >= 0.3 is 6.09 Å². The van der Waals surface area contributed by atoms with Gasteiger partial charge in [-0.05, 0) is 63.3 Å². The molecular formula is C27H27ClN8O2S. The smallest absolute Gasteiger partial charge is 0.412 e. The average Bonchev–Trinajstić information content (AvgIpc) is 3.19. The minimum atomic E-state index is -0.622. The fourth-order valence-corrected chi connectivity index (χ4v) is 4.64. The van der Waals surface area contributed by atoms with Gasteiger partial charge in [-0.25, -0.2) is 9.78 Å². The zero-order valence-electron chi connectivity index (χ0n) is 21.8. The maximum atomic E-state index is 12.4. The number of thiocarbonyl (C=S) groups is 1. The molecule has 0 saturated heterocycles. The van der Waals surface area contributed by atoms with Crippen LogP contribution in [0.4, 0.5) is 39.3 Å². The average molecular weight is 563 g/mol. The number of hydrogen-bond acceptors (Lipinski definition) is 7. The zero-order chi connectivity index (χ0) is 27.7. The van der Waals surface area contributed by atoms with Gasteiger partial charge in [0.05, 0.1) is 17.9 Å². The van der Waals surface area contributed by atoms with Crippen molar-refractivity contribution in [1.29, 1.82) is 0 Å². The van der Waals surface area contributed by atoms with Gasteiger partial charge < -0.3 is 15.0 Å². The number of nitrogens with one attached hydrogen (secondary N) is 2. The Balaban J connectivity index is 1.54. The van der Waals surface area contributed by atoms with E-state index in [0.29, 0.717) is 45.6 Å². The van der Waals surface area contributed by atoms with Gasteiger partial charge in [0.25, 0.3) is 0 Å². The predicted molar refractivity (Wildman–Crippen MR) is 157 cm³/mol. The van der Waals surface area contributed by atoms with Crippen LogP contribution >= 0.6 is 23.8 Å². The molecule has 0 bridgehead atoms. The van der Waals surface area contributed by atoms with Gasteiger partial charge in [-0.15, -0.1) is 0 Å². The van der Waals surface area contributed by atoms with E-state index in [-0.39, 0.29) is 0 Å². The lowest BCUT2D eigenvalue weighted by Crippen LogP contribution is -2.45. The topological polar surface area (TPSA) is 100 Å². The highest BCUT2D eigenvalue weighted by Crippen LogP contribution is 2.37. The van der Waals surface area contributed by atoms with Gasteiger partial charge in [-0.3, -0.25) is 14.9 Å². The molecule has 200 valence electrons. The lowest BCUT2D eigenvalue weighted by Gasteiger charge is -2.38. The third-order valence-electron chi connectivity index (χ3n) is 5.65. The standard InChI is InChI=1S/C27H27ClN8O2S/c1-27(2,3)38-25(37)30-18-9-8-12-20(13-18)36-23-17(15-35(26(36)39)19-10-6-5-7-11-19)14-29-24(32-23)31-21-16-34(4)33-22(21)28/h5-14,16H,15H2,1-4H3,(H,30,37)(H,29,31,32). The number of ether oxygens (including phenoxy) is 1. The quantitative estimate of drug-likeness (QED) is 0.268. The van der Waals surface area contributed by atoms with E-state index in [0.717, 1.165) is 11.3 Å². The summed E-state index contributed by atoms with van der Waals surface area (Å²) < 4.78 is 7.02. The van der Waals surface area contributed by atoms with Crippen LogP contribution in [0.15, 0.2) is 67.0 Å². The number of benzene rings is 2. The fraction of sp³-hybridized carbons (Fsp3) is 0.222. The molecule has 5 rings (SSSR count). The molecule has 0 radical (unpaired) electrons. The van der Waals surface area contributed by atoms with E-state index in [4.69, 9.17) is 33.5 Å². The third-order valence-corrected chi connectivity index (χ3v) is 6.33. The van der Waals surface area contributed by atoms with Gasteiger partial charge in [-0.2, -0.15) is 10.1 Å². The SMILES string of the molecule is Cn1cc(Nc2ncc3c(n2)N(c2cccc(NC(=O)OC(C)(C)C)c2)C(=S)N(c2ccccc2)C3)c(Cl)n1. The number of aromatic nitrogens is 4. The summed E-state index contributed by atoms with van der Waals surface area (Å²) in [5.74, 6) is 0.951. The minimum Gasteiger partial charge on any atom is -0.444 e. The van der Waals surface area contributed by atoms with Crippen LogP contribution in [0, 0.1) is 0 Å². The monoisotopic (exact) mass is 562 g/mol. The minimum absolute atomic E-state index is 0.308. The van der Waals surface area contributed by atoms with Crippen molar-refractivity contribution in [2.45, 2.75) is 32.9 Å². The Labute approximate surface area is 236 Å². The number of rotatable bonds is 5. The van der Waals surface area contributed by atoms with Crippen LogP contribution in [0.1, 0.15) is 26.3 Å². The van der Waals surface area contributed by atoms with Crippen molar-refractivity contribution in [3.63, 3.8) is 0 Å². The highest BCUT2D eigenvalue weighted by Gasteiger charge is 2.32. The molecule has 0 saturated carbocycles. The van der Waals surface area contributed by atoms with E-state index < -0.39 is 11.7 Å². The summed E-state index contributed by atoms with van der Waals surface area (Å²) in [6.45, 7) is 5.93. The summed E-state index contributed by atoms with van der Waals surface area (Å²) in [7, 11) is 1.78. The van der Waals surface area contributed by atoms with Crippen molar-refractivity contribution in [2.75, 3.05) is 20.4 Å². The third kappa shape index (κ3) is 5.94. The Morgan fingerprint density at radius 3 is 2.54 bits per heavy atom. The molecule has 4 aromatic rings. The maximum Gasteiger partial charge on any atom is 0.412 e. The first kappa shape index (κ1) is 26.4. The van der Waals surface area contributed by atoms with Gasteiger partial charge in [0.1, 0.15) is 11.4 Å². The van der Waals surface area contributed by atoms with Crippen LogP contribution in [-0.4, -0.2) is 36.6 Å². The Morgan fingerprint density at radius 2 is 1.85 bits per heavy atom. The van der Waals surface area contributed by atoms with Crippen molar-refractivity contribution in [3.8, 4) is 0 Å². The molecule has 0 spiro atoms. The van der Waals surface area contributed by atoms with Crippen molar-refractivity contribution in [1.82, 2.24) is 19.7 Å². The second-order valence-corrected chi connectivity index (χ2v) is 10.6. The van der Waals surface area contributed by atoms with Gasteiger partial charge in [-0.1, -0.05) is 35.9 Å². The number of halogens is 1. The highest BCUT2D eigenvalue weighted by molar-refractivity contribution is 7.80. The molecule has 39 heavy (non-hydrogen) atoms. The number of para-hydroxylation sites is 1. The Bertz CT molecular complexity index is 1540. The molecule has 2 N–H and O–H groups in total. The molecule has 3 heterocycles. The molecule has 2 aromatic heterocycles. The molecule has 0 atom stereocenters. The Kier molecular flexibility index (Phi) is 7.11. The fourth-order valence-electron chi connectivity index (χ4n) is 4.06. The van der Waals surface area contributed by atoms with E-state index >= 15 is 0 Å². The number of carbonyl (C=O) groups excluding carboxylic acids is 1. The molecular weight excluding hydrogens is 536 g/mol. The molecule has 1 aliphatic rings. The lowest BCUT2D eigenvalue weighted by molar-refractivity contribution is 0.0636. The van der Waals surface area contributed by atoms with E-state index in [9.17, 15) is 4.79 Å². The van der Waals surface area contributed by atoms with Crippen molar-refractivity contribution in [3.05, 3.63) is 77.7 Å². The van der Waals surface area contributed by atoms with E-state index in [1.807, 2.05) is 79.1 Å². The number of amides is 1. The van der Waals surface area contributed by atoms with Crippen molar-refractivity contribution < 1.29 is 9.53 Å². The van der Waals surface area contributed by atoms with Crippen LogP contribution in [0.2, 0.25) is 5.15 Å². The first-order valence-corrected chi connectivity index (χ1v) is 12.9. The molecule has 1 amide bonds. The summed E-state index contributed by atoms with van der Waals surface area (Å²) in [4.78, 5) is 25.6. The molecule has 10 nitrogen and oxygen atoms in total. The zero-order valence-corrected chi connectivity index (χ0v) is 23.4. The van der Waals surface area contributed by atoms with E-state index in [2.05, 4.69) is 20.7 Å². The maximum absolute atomic E-state index is 12.4. The normalized spacial score (nSPS) is 13.2. The Morgan fingerprint density at radius 1 is 1.10 bits per heavy atom. The second-order valence-electron chi connectivity index (χ2n) is 9.89. The summed E-state index contributed by atoms with van der Waals surface area (Å²) in [6, 6.07) is 17.2. The van der Waals surface area contributed by atoms with E-state index in [1.165, 1.54) is 0 Å². The first-order valence-electron chi connectivity index (χ1n) is 12.2. The molecule has 1 aliphatic heterocycles. The molecule has 12 heteroatoms. The van der Waals surface area contributed by atoms with Crippen LogP contribution in [0.25, 0.3) is 0 Å². The van der Waals surface area contributed by atoms with E-state index in [1.54, 1.807) is 30.2 Å². The number of fused-ring (bicyclic) bond motifs is 1. The number of hydrogen-bond donors (Lipinski definition) is 2. The summed E-state index contributed by atoms with van der Waals surface area (Å²) >= 11 is 12.3. The molecule has 0 unspecified atom stereocenters. The second kappa shape index (κ2) is 10.5. The van der Waals surface area contributed by atoms with Crippen molar-refractivity contribution >= 4 is 69.5 Å². The first-order chi connectivity index (χ1) is 18.6. The predicted octanol–water partition coefficient (Wildman–Crippen LogP) is 6.40. The largest absolute Gasteiger partial charge is 0.444 e. The molecule has 0 aliphatic carbocycles. The summed E-state index contributed by atoms with van der Waals surface area (Å²) in [5, 5.41) is 10.9. The lowest BCUT2D eigenvalue weighted by atomic mass is 10.1. The summed E-state index contributed by atoms with van der Waals surface area (Å²) in [6.07, 6.45) is 2.97. The number of aryl methyl sites for hydroxylation is 1. The van der Waals surface area contributed by atoms with Gasteiger partial charge in [0.2, 0.25) is 5.95 Å². The van der Waals surface area contributed by atoms with Gasteiger partial charge in [0.15, 0.2) is 10.3 Å². The summed E-state index contributed by atoms with van der Waals surface area (Å²) in [5.41, 5.74) is 3.02. The van der Waals surface area contributed by atoms with Gasteiger partial charge in [0, 0.05) is 36.4 Å². The Hall–Kier alpha value is -4.22. The highest BCUT2D eigenvalue weighted by atomic mass is 35.5. The molecule has 2 aromatic carbocycles. The van der Waals surface area contributed by atoms with Crippen molar-refractivity contribution in [2.24, 2.45) is 7.05 Å².